The van der Waals surface area contributed by atoms with Gasteiger partial charge in [-0.3, -0.25) is 9.58 Å². The summed E-state index contributed by atoms with van der Waals surface area (Å²) in [7, 11) is 1.85. The van der Waals surface area contributed by atoms with Crippen LogP contribution in [-0.2, 0) is 7.05 Å². The van der Waals surface area contributed by atoms with Crippen LogP contribution < -0.4 is 10.6 Å². The lowest BCUT2D eigenvalue weighted by atomic mass is 10.1. The fourth-order valence-electron chi connectivity index (χ4n) is 2.88. The van der Waals surface area contributed by atoms with Gasteiger partial charge >= 0.3 is 0 Å². The summed E-state index contributed by atoms with van der Waals surface area (Å²) in [5, 5.41) is 11.0. The van der Waals surface area contributed by atoms with E-state index in [0.717, 1.165) is 38.3 Å². The van der Waals surface area contributed by atoms with Gasteiger partial charge in [-0.25, -0.2) is 11.6 Å². The van der Waals surface area contributed by atoms with Crippen LogP contribution in [0, 0.1) is 12.5 Å². The molecule has 1 saturated heterocycles. The van der Waals surface area contributed by atoms with Crippen molar-refractivity contribution >= 4 is 29.1 Å². The predicted molar refractivity (Wildman–Crippen MR) is 98.0 cm³/mol. The number of aromatic nitrogens is 4. The molecule has 1 fully saturated rings. The minimum Gasteiger partial charge on any atom is -0.368 e. The Kier molecular flexibility index (Phi) is 5.68. The molecule has 3 heterocycles. The highest BCUT2D eigenvalue weighted by molar-refractivity contribution is 6.32. The molecule has 132 valence electrons. The van der Waals surface area contributed by atoms with E-state index in [4.69, 9.17) is 18.2 Å². The molecule has 8 nitrogen and oxygen atoms in total. The van der Waals surface area contributed by atoms with Gasteiger partial charge in [0.25, 0.3) is 0 Å². The first kappa shape index (κ1) is 17.5. The van der Waals surface area contributed by atoms with E-state index < -0.39 is 0 Å². The smallest absolute Gasteiger partial charge is 0.229 e. The Bertz CT molecular complexity index is 753. The molecule has 0 bridgehead atoms. The molecular weight excluding hydrogens is 340 g/mol. The van der Waals surface area contributed by atoms with Gasteiger partial charge in [0.15, 0.2) is 5.82 Å². The lowest BCUT2D eigenvalue weighted by Crippen LogP contribution is -2.25. The van der Waals surface area contributed by atoms with E-state index in [1.54, 1.807) is 17.1 Å². The zero-order valence-electron chi connectivity index (χ0n) is 14.1. The summed E-state index contributed by atoms with van der Waals surface area (Å²) >= 11 is 6.21. The number of rotatable bonds is 7. The van der Waals surface area contributed by atoms with Crippen LogP contribution in [0.15, 0.2) is 18.6 Å². The molecule has 0 aliphatic carbocycles. The zero-order valence-corrected chi connectivity index (χ0v) is 14.9. The number of nitrogens with zero attached hydrogens (tertiary/aromatic N) is 6. The molecule has 1 aliphatic heterocycles. The second kappa shape index (κ2) is 8.14. The molecule has 0 spiro atoms. The van der Waals surface area contributed by atoms with E-state index in [2.05, 4.69) is 35.4 Å². The minimum absolute atomic E-state index is 0.477. The number of likely N-dealkylation sites (tertiary alicyclic amines) is 1. The van der Waals surface area contributed by atoms with E-state index in [0.29, 0.717) is 29.3 Å². The third-order valence-electron chi connectivity index (χ3n) is 4.16. The topological polar surface area (TPSA) is 75.3 Å². The number of hydrogen-bond acceptors (Lipinski definition) is 6. The van der Waals surface area contributed by atoms with Crippen LogP contribution in [0.2, 0.25) is 5.02 Å². The van der Waals surface area contributed by atoms with Crippen LogP contribution in [0.5, 0.6) is 0 Å². The molecule has 0 radical (unpaired) electrons. The maximum Gasteiger partial charge on any atom is 0.229 e. The van der Waals surface area contributed by atoms with Crippen LogP contribution in [0.4, 0.5) is 17.5 Å². The molecule has 25 heavy (non-hydrogen) atoms. The summed E-state index contributed by atoms with van der Waals surface area (Å²) in [5.74, 6) is 1.64. The standard InChI is InChI=1S/C16H21ClN8/c1-18-4-6-25-5-3-12(10-25)7-19-15-14(17)9-20-16(23-15)22-13-8-21-24(2)11-13/h8-9,11-12H,3-7,10H2,2H3,(H2,19,20,22,23)/t12-/m1/s1. The molecule has 1 aliphatic rings. The molecular formula is C16H21ClN8. The molecule has 0 aromatic carbocycles. The average molecular weight is 361 g/mol. The van der Waals surface area contributed by atoms with Crippen molar-refractivity contribution in [3.63, 3.8) is 0 Å². The first-order valence-electron chi connectivity index (χ1n) is 8.21. The molecule has 0 unspecified atom stereocenters. The summed E-state index contributed by atoms with van der Waals surface area (Å²) < 4.78 is 1.71. The molecule has 3 rings (SSSR count). The van der Waals surface area contributed by atoms with Gasteiger partial charge in [-0.1, -0.05) is 11.6 Å². The second-order valence-electron chi connectivity index (χ2n) is 6.14. The average Bonchev–Trinajstić information content (AvgIpc) is 3.22. The highest BCUT2D eigenvalue weighted by Crippen LogP contribution is 2.23. The van der Waals surface area contributed by atoms with Gasteiger partial charge in [0.2, 0.25) is 12.5 Å². The summed E-state index contributed by atoms with van der Waals surface area (Å²) in [6, 6.07) is 0. The van der Waals surface area contributed by atoms with Gasteiger partial charge in [0.1, 0.15) is 5.02 Å². The van der Waals surface area contributed by atoms with E-state index in [9.17, 15) is 0 Å². The first-order valence-corrected chi connectivity index (χ1v) is 8.59. The first-order chi connectivity index (χ1) is 12.1. The number of hydrogen-bond donors (Lipinski definition) is 2. The lowest BCUT2D eigenvalue weighted by Gasteiger charge is -2.15. The molecule has 2 aromatic heterocycles. The molecule has 0 saturated carbocycles. The van der Waals surface area contributed by atoms with Crippen molar-refractivity contribution in [3.05, 3.63) is 35.0 Å². The van der Waals surface area contributed by atoms with Crippen molar-refractivity contribution in [3.8, 4) is 0 Å². The molecule has 0 amide bonds. The van der Waals surface area contributed by atoms with E-state index in [1.807, 2.05) is 13.2 Å². The Balaban J connectivity index is 1.55. The Hall–Kier alpha value is -2.37. The van der Waals surface area contributed by atoms with E-state index >= 15 is 0 Å². The normalized spacial score (nSPS) is 17.4. The Morgan fingerprint density at radius 2 is 2.32 bits per heavy atom. The molecule has 9 heteroatoms. The summed E-state index contributed by atoms with van der Waals surface area (Å²) in [5.41, 5.74) is 0.821. The van der Waals surface area contributed by atoms with Gasteiger partial charge in [0, 0.05) is 26.3 Å². The van der Waals surface area contributed by atoms with E-state index in [-0.39, 0.29) is 0 Å². The van der Waals surface area contributed by atoms with Gasteiger partial charge in [-0.05, 0) is 18.9 Å². The SMILES string of the molecule is [C-]#[N+]CCN1CC[C@H](CNc2nc(Nc3cnn(C)c3)ncc2Cl)C1. The van der Waals surface area contributed by atoms with Gasteiger partial charge in [0.05, 0.1) is 24.6 Å². The quantitative estimate of drug-likeness (QED) is 0.738. The lowest BCUT2D eigenvalue weighted by molar-refractivity contribution is 0.342. The van der Waals surface area contributed by atoms with Crippen LogP contribution in [-0.4, -0.2) is 57.4 Å². The number of anilines is 3. The summed E-state index contributed by atoms with van der Waals surface area (Å²) in [6.07, 6.45) is 6.27. The maximum absolute atomic E-state index is 6.88. The van der Waals surface area contributed by atoms with Crippen LogP contribution in [0.1, 0.15) is 6.42 Å². The highest BCUT2D eigenvalue weighted by Gasteiger charge is 2.22. The van der Waals surface area contributed by atoms with Crippen LogP contribution in [0.3, 0.4) is 0 Å². The van der Waals surface area contributed by atoms with Crippen molar-refractivity contribution in [2.45, 2.75) is 6.42 Å². The van der Waals surface area contributed by atoms with Crippen molar-refractivity contribution in [1.29, 1.82) is 0 Å². The minimum atomic E-state index is 0.477. The van der Waals surface area contributed by atoms with Crippen molar-refractivity contribution in [2.75, 3.05) is 43.4 Å². The van der Waals surface area contributed by atoms with E-state index in [1.165, 1.54) is 0 Å². The molecule has 2 aromatic rings. The summed E-state index contributed by atoms with van der Waals surface area (Å²) in [4.78, 5) is 14.4. The Labute approximate surface area is 152 Å². The van der Waals surface area contributed by atoms with Crippen LogP contribution in [0.25, 0.3) is 4.85 Å². The van der Waals surface area contributed by atoms with Crippen LogP contribution >= 0.6 is 11.6 Å². The Morgan fingerprint density at radius 3 is 3.08 bits per heavy atom. The Morgan fingerprint density at radius 1 is 1.44 bits per heavy atom. The maximum atomic E-state index is 6.88. The molecule has 2 N–H and O–H groups in total. The number of nitrogens with one attached hydrogen (secondary N) is 2. The third-order valence-corrected chi connectivity index (χ3v) is 4.44. The van der Waals surface area contributed by atoms with Gasteiger partial charge in [-0.2, -0.15) is 10.1 Å². The number of aryl methyl sites for hydroxylation is 1. The monoisotopic (exact) mass is 360 g/mol. The zero-order chi connectivity index (χ0) is 17.6. The fraction of sp³-hybridized carbons (Fsp3) is 0.500. The van der Waals surface area contributed by atoms with Gasteiger partial charge < -0.3 is 15.5 Å². The third kappa shape index (κ3) is 4.81. The highest BCUT2D eigenvalue weighted by atomic mass is 35.5. The predicted octanol–water partition coefficient (Wildman–Crippen LogP) is 2.26. The summed E-state index contributed by atoms with van der Waals surface area (Å²) in [6.45, 7) is 11.2. The van der Waals surface area contributed by atoms with Crippen molar-refractivity contribution in [1.82, 2.24) is 24.6 Å². The number of halogens is 1. The fourth-order valence-corrected chi connectivity index (χ4v) is 3.04. The second-order valence-corrected chi connectivity index (χ2v) is 6.54. The van der Waals surface area contributed by atoms with Gasteiger partial charge in [-0.15, -0.1) is 0 Å². The largest absolute Gasteiger partial charge is 0.368 e. The van der Waals surface area contributed by atoms with Crippen molar-refractivity contribution < 1.29 is 0 Å². The van der Waals surface area contributed by atoms with Crippen molar-refractivity contribution in [2.24, 2.45) is 13.0 Å². The molecule has 1 atom stereocenters.